The number of halogens is 1. The summed E-state index contributed by atoms with van der Waals surface area (Å²) in [5, 5.41) is 21.5. The Bertz CT molecular complexity index is 886. The lowest BCUT2D eigenvalue weighted by Crippen LogP contribution is -1.95. The third-order valence-electron chi connectivity index (χ3n) is 2.98. The molecule has 0 spiro atoms. The van der Waals surface area contributed by atoms with E-state index in [9.17, 15) is 5.11 Å². The van der Waals surface area contributed by atoms with Crippen molar-refractivity contribution in [3.05, 3.63) is 63.9 Å². The van der Waals surface area contributed by atoms with E-state index >= 15 is 0 Å². The molecule has 3 rings (SSSR count). The Kier molecular flexibility index (Phi) is 4.04. The lowest BCUT2D eigenvalue weighted by molar-refractivity contribution is 0.474. The van der Waals surface area contributed by atoms with Crippen molar-refractivity contribution in [2.24, 2.45) is 5.10 Å². The Morgan fingerprint density at radius 3 is 2.77 bits per heavy atom. The minimum atomic E-state index is 0.0874. The Balaban J connectivity index is 2.03. The van der Waals surface area contributed by atoms with E-state index in [2.05, 4.69) is 15.3 Å². The number of nitrogens with zero attached hydrogens (tertiary/aromatic N) is 3. The number of aromatic hydroxyl groups is 1. The van der Waals surface area contributed by atoms with Crippen molar-refractivity contribution in [2.75, 3.05) is 0 Å². The molecule has 1 aromatic heterocycles. The molecule has 110 valence electrons. The number of hydrogen-bond donors (Lipinski definition) is 2. The van der Waals surface area contributed by atoms with Crippen molar-refractivity contribution in [3.63, 3.8) is 0 Å². The molecule has 0 fully saturated rings. The van der Waals surface area contributed by atoms with Gasteiger partial charge in [-0.1, -0.05) is 41.9 Å². The van der Waals surface area contributed by atoms with Gasteiger partial charge in [0.1, 0.15) is 5.75 Å². The third-order valence-corrected chi connectivity index (χ3v) is 3.48. The quantitative estimate of drug-likeness (QED) is 0.566. The van der Waals surface area contributed by atoms with Gasteiger partial charge < -0.3 is 5.11 Å². The maximum absolute atomic E-state index is 9.81. The average molecular weight is 331 g/mol. The molecule has 22 heavy (non-hydrogen) atoms. The first-order chi connectivity index (χ1) is 10.6. The third kappa shape index (κ3) is 2.93. The summed E-state index contributed by atoms with van der Waals surface area (Å²) < 4.78 is 1.85. The molecule has 0 saturated carbocycles. The maximum Gasteiger partial charge on any atom is 0.216 e. The van der Waals surface area contributed by atoms with Gasteiger partial charge in [0.2, 0.25) is 4.77 Å². The van der Waals surface area contributed by atoms with Crippen LogP contribution in [-0.2, 0) is 0 Å². The van der Waals surface area contributed by atoms with Crippen LogP contribution < -0.4 is 0 Å². The lowest BCUT2D eigenvalue weighted by Gasteiger charge is -2.02. The fourth-order valence-electron chi connectivity index (χ4n) is 1.92. The molecule has 0 atom stereocenters. The molecule has 2 aromatic carbocycles. The largest absolute Gasteiger partial charge is 0.507 e. The van der Waals surface area contributed by atoms with Crippen molar-refractivity contribution in [1.29, 1.82) is 0 Å². The van der Waals surface area contributed by atoms with Gasteiger partial charge in [0.25, 0.3) is 0 Å². The summed E-state index contributed by atoms with van der Waals surface area (Å²) >= 11 is 11.1. The number of phenols is 1. The van der Waals surface area contributed by atoms with Gasteiger partial charge in [0, 0.05) is 16.1 Å². The van der Waals surface area contributed by atoms with Gasteiger partial charge in [-0.2, -0.15) is 14.9 Å². The molecule has 2 N–H and O–H groups in total. The van der Waals surface area contributed by atoms with E-state index < -0.39 is 0 Å². The highest BCUT2D eigenvalue weighted by Gasteiger charge is 2.07. The molecule has 5 nitrogen and oxygen atoms in total. The van der Waals surface area contributed by atoms with Crippen LogP contribution >= 0.6 is 23.8 Å². The molecule has 0 aliphatic carbocycles. The van der Waals surface area contributed by atoms with E-state index in [0.29, 0.717) is 21.2 Å². The molecule has 0 aliphatic heterocycles. The summed E-state index contributed by atoms with van der Waals surface area (Å²) in [7, 11) is 0. The lowest BCUT2D eigenvalue weighted by atomic mass is 10.2. The first kappa shape index (κ1) is 14.5. The number of H-pyrrole nitrogens is 1. The van der Waals surface area contributed by atoms with E-state index in [-0.39, 0.29) is 5.75 Å². The van der Waals surface area contributed by atoms with Crippen LogP contribution in [0.15, 0.2) is 53.6 Å². The average Bonchev–Trinajstić information content (AvgIpc) is 2.90. The van der Waals surface area contributed by atoms with Crippen LogP contribution in [-0.4, -0.2) is 26.2 Å². The predicted molar refractivity (Wildman–Crippen MR) is 89.0 cm³/mol. The normalized spacial score (nSPS) is 11.1. The van der Waals surface area contributed by atoms with Crippen molar-refractivity contribution in [1.82, 2.24) is 14.9 Å². The van der Waals surface area contributed by atoms with Gasteiger partial charge in [-0.15, -0.1) is 0 Å². The number of phenolic OH excluding ortho intramolecular Hbond substituents is 1. The van der Waals surface area contributed by atoms with Crippen molar-refractivity contribution < 1.29 is 5.11 Å². The fourth-order valence-corrected chi connectivity index (χ4v) is 2.28. The van der Waals surface area contributed by atoms with Crippen LogP contribution in [0.4, 0.5) is 0 Å². The van der Waals surface area contributed by atoms with Crippen LogP contribution in [0, 0.1) is 4.77 Å². The highest BCUT2D eigenvalue weighted by atomic mass is 35.5. The van der Waals surface area contributed by atoms with E-state index in [1.54, 1.807) is 12.1 Å². The Hall–Kier alpha value is -2.44. The number of hydrogen-bond acceptors (Lipinski definition) is 4. The highest BCUT2D eigenvalue weighted by Crippen LogP contribution is 2.20. The van der Waals surface area contributed by atoms with Crippen LogP contribution in [0.2, 0.25) is 5.02 Å². The van der Waals surface area contributed by atoms with Gasteiger partial charge in [-0.3, -0.25) is 0 Å². The van der Waals surface area contributed by atoms with Gasteiger partial charge in [0.05, 0.1) is 6.21 Å². The molecule has 0 aliphatic rings. The molecule has 3 aromatic rings. The minimum Gasteiger partial charge on any atom is -0.507 e. The molecule has 0 saturated heterocycles. The first-order valence-corrected chi connectivity index (χ1v) is 7.19. The first-order valence-electron chi connectivity index (χ1n) is 6.41. The van der Waals surface area contributed by atoms with Gasteiger partial charge in [0.15, 0.2) is 5.82 Å². The van der Waals surface area contributed by atoms with Crippen LogP contribution in [0.25, 0.3) is 11.4 Å². The molecule has 7 heteroatoms. The summed E-state index contributed by atoms with van der Waals surface area (Å²) in [5.41, 5.74) is 1.37. The Morgan fingerprint density at radius 1 is 1.23 bits per heavy atom. The van der Waals surface area contributed by atoms with Crippen LogP contribution in [0.1, 0.15) is 5.56 Å². The van der Waals surface area contributed by atoms with Gasteiger partial charge in [-0.25, -0.2) is 5.10 Å². The fraction of sp³-hybridized carbons (Fsp3) is 0. The summed E-state index contributed by atoms with van der Waals surface area (Å²) in [6.45, 7) is 0. The number of aromatic nitrogens is 3. The van der Waals surface area contributed by atoms with E-state index in [4.69, 9.17) is 23.8 Å². The molecule has 0 amide bonds. The second kappa shape index (κ2) is 6.13. The number of rotatable bonds is 3. The SMILES string of the molecule is Oc1ccc(Cl)cc1/C=N\n1c(-c2ccccc2)n[nH]c1=S. The Morgan fingerprint density at radius 2 is 2.00 bits per heavy atom. The standard InChI is InChI=1S/C15H11ClN4OS/c16-12-6-7-13(21)11(8-12)9-17-20-14(18-19-15(20)22)10-4-2-1-3-5-10/h1-9,21H,(H,19,22)/b17-9-. The summed E-state index contributed by atoms with van der Waals surface area (Å²) in [6, 6.07) is 14.3. The van der Waals surface area contributed by atoms with Crippen molar-refractivity contribution in [2.45, 2.75) is 0 Å². The zero-order valence-corrected chi connectivity index (χ0v) is 12.8. The molecule has 0 radical (unpaired) electrons. The van der Waals surface area contributed by atoms with Crippen LogP contribution in [0.5, 0.6) is 5.75 Å². The second-order valence-corrected chi connectivity index (χ2v) is 5.30. The smallest absolute Gasteiger partial charge is 0.216 e. The van der Waals surface area contributed by atoms with Crippen molar-refractivity contribution in [3.8, 4) is 17.1 Å². The summed E-state index contributed by atoms with van der Waals surface area (Å²) in [4.78, 5) is 0. The topological polar surface area (TPSA) is 66.2 Å². The van der Waals surface area contributed by atoms with Crippen LogP contribution in [0.3, 0.4) is 0 Å². The molecule has 0 bridgehead atoms. The van der Waals surface area contributed by atoms with Gasteiger partial charge >= 0.3 is 0 Å². The molecule has 0 unspecified atom stereocenters. The van der Waals surface area contributed by atoms with Crippen molar-refractivity contribution >= 4 is 30.0 Å². The monoisotopic (exact) mass is 330 g/mol. The van der Waals surface area contributed by atoms with E-state index in [1.807, 2.05) is 30.3 Å². The zero-order chi connectivity index (χ0) is 15.5. The number of benzene rings is 2. The summed E-state index contributed by atoms with van der Waals surface area (Å²) in [6.07, 6.45) is 1.49. The van der Waals surface area contributed by atoms with E-state index in [0.717, 1.165) is 5.56 Å². The Labute approximate surface area is 136 Å². The minimum absolute atomic E-state index is 0.0874. The zero-order valence-electron chi connectivity index (χ0n) is 11.3. The molecular weight excluding hydrogens is 320 g/mol. The van der Waals surface area contributed by atoms with E-state index in [1.165, 1.54) is 17.0 Å². The number of aromatic amines is 1. The summed E-state index contributed by atoms with van der Waals surface area (Å²) in [5.74, 6) is 0.674. The molecule has 1 heterocycles. The highest BCUT2D eigenvalue weighted by molar-refractivity contribution is 7.71. The number of nitrogens with one attached hydrogen (secondary N) is 1. The second-order valence-electron chi connectivity index (χ2n) is 4.48. The van der Waals surface area contributed by atoms with Gasteiger partial charge in [-0.05, 0) is 30.4 Å². The maximum atomic E-state index is 9.81. The molecular formula is C15H11ClN4OS. The predicted octanol–water partition coefficient (Wildman–Crippen LogP) is 3.85.